The molecule has 1 aliphatic heterocycles. The normalized spacial score (nSPS) is 16.8. The van der Waals surface area contributed by atoms with E-state index in [1.54, 1.807) is 16.8 Å². The van der Waals surface area contributed by atoms with E-state index < -0.39 is 0 Å². The van der Waals surface area contributed by atoms with Gasteiger partial charge in [0.05, 0.1) is 6.54 Å². The maximum Gasteiger partial charge on any atom is 0.241 e. The largest absolute Gasteiger partial charge is 0.342 e. The van der Waals surface area contributed by atoms with Crippen molar-refractivity contribution in [3.8, 4) is 0 Å². The summed E-state index contributed by atoms with van der Waals surface area (Å²) in [7, 11) is 1.77. The first-order chi connectivity index (χ1) is 7.65. The van der Waals surface area contributed by atoms with E-state index in [4.69, 9.17) is 5.73 Å². The van der Waals surface area contributed by atoms with Crippen LogP contribution in [-0.2, 0) is 9.59 Å². The molecule has 0 saturated carbocycles. The van der Waals surface area contributed by atoms with Gasteiger partial charge in [0.1, 0.15) is 0 Å². The first-order valence-electron chi connectivity index (χ1n) is 5.87. The smallest absolute Gasteiger partial charge is 0.241 e. The van der Waals surface area contributed by atoms with Gasteiger partial charge in [-0.3, -0.25) is 9.59 Å². The number of likely N-dealkylation sites (N-methyl/N-ethyl adjacent to an activating group) is 1. The minimum absolute atomic E-state index is 0.0292. The number of nitrogens with two attached hydrogens (primary N) is 1. The van der Waals surface area contributed by atoms with Gasteiger partial charge in [0.2, 0.25) is 11.8 Å². The molecule has 0 aromatic carbocycles. The summed E-state index contributed by atoms with van der Waals surface area (Å²) in [6.07, 6.45) is 3.37. The molecule has 16 heavy (non-hydrogen) atoms. The molecule has 0 radical (unpaired) electrons. The lowest BCUT2D eigenvalue weighted by molar-refractivity contribution is -0.144. The maximum atomic E-state index is 11.7. The highest BCUT2D eigenvalue weighted by atomic mass is 16.2. The van der Waals surface area contributed by atoms with Crippen molar-refractivity contribution in [1.82, 2.24) is 9.80 Å². The minimum atomic E-state index is 0.0292. The van der Waals surface area contributed by atoms with Gasteiger partial charge in [0.15, 0.2) is 0 Å². The fraction of sp³-hybridized carbons (Fsp3) is 0.818. The fourth-order valence-electron chi connectivity index (χ4n) is 1.73. The Morgan fingerprint density at radius 1 is 1.31 bits per heavy atom. The second-order valence-corrected chi connectivity index (χ2v) is 4.23. The monoisotopic (exact) mass is 227 g/mol. The number of nitrogens with zero attached hydrogens (tertiary/aromatic N) is 2. The quantitative estimate of drug-likeness (QED) is 0.662. The third kappa shape index (κ3) is 3.81. The van der Waals surface area contributed by atoms with Gasteiger partial charge in [0, 0.05) is 26.6 Å². The van der Waals surface area contributed by atoms with Crippen LogP contribution in [0.2, 0.25) is 0 Å². The van der Waals surface area contributed by atoms with E-state index in [9.17, 15) is 9.59 Å². The molecule has 0 spiro atoms. The van der Waals surface area contributed by atoms with Crippen LogP contribution in [-0.4, -0.2) is 54.8 Å². The lowest BCUT2D eigenvalue weighted by Gasteiger charge is -2.32. The summed E-state index contributed by atoms with van der Waals surface area (Å²) in [5.41, 5.74) is 5.38. The van der Waals surface area contributed by atoms with E-state index in [2.05, 4.69) is 0 Å². The first kappa shape index (κ1) is 13.0. The van der Waals surface area contributed by atoms with Crippen molar-refractivity contribution in [1.29, 1.82) is 0 Å². The molecule has 0 unspecified atom stereocenters. The summed E-state index contributed by atoms with van der Waals surface area (Å²) >= 11 is 0. The summed E-state index contributed by atoms with van der Waals surface area (Å²) in [6.45, 7) is 2.23. The Hall–Kier alpha value is -1.10. The van der Waals surface area contributed by atoms with Crippen molar-refractivity contribution in [3.05, 3.63) is 0 Å². The molecule has 5 heteroatoms. The molecule has 1 aliphatic rings. The van der Waals surface area contributed by atoms with Crippen LogP contribution in [0, 0.1) is 0 Å². The maximum absolute atomic E-state index is 11.7. The molecular formula is C11H21N3O2. The Bertz CT molecular complexity index is 256. The van der Waals surface area contributed by atoms with Crippen LogP contribution in [0.3, 0.4) is 0 Å². The SMILES string of the molecule is CN1CCN(C(=O)CCCCCN)CC1=O. The van der Waals surface area contributed by atoms with Gasteiger partial charge < -0.3 is 15.5 Å². The standard InChI is InChI=1S/C11H21N3O2/c1-13-7-8-14(9-11(13)16)10(15)5-3-2-4-6-12/h2-9,12H2,1H3. The molecule has 92 valence electrons. The fourth-order valence-corrected chi connectivity index (χ4v) is 1.73. The number of piperazine rings is 1. The molecule has 2 amide bonds. The average molecular weight is 227 g/mol. The second-order valence-electron chi connectivity index (χ2n) is 4.23. The molecule has 1 rings (SSSR count). The van der Waals surface area contributed by atoms with Crippen LogP contribution in [0.5, 0.6) is 0 Å². The van der Waals surface area contributed by atoms with Crippen LogP contribution in [0.25, 0.3) is 0 Å². The van der Waals surface area contributed by atoms with Gasteiger partial charge in [-0.25, -0.2) is 0 Å². The van der Waals surface area contributed by atoms with Gasteiger partial charge >= 0.3 is 0 Å². The predicted octanol–water partition coefficient (Wildman–Crippen LogP) is -0.194. The molecule has 0 aromatic heterocycles. The van der Waals surface area contributed by atoms with E-state index in [0.717, 1.165) is 19.3 Å². The summed E-state index contributed by atoms with van der Waals surface area (Å²) in [5, 5.41) is 0. The zero-order valence-electron chi connectivity index (χ0n) is 9.95. The van der Waals surface area contributed by atoms with Gasteiger partial charge in [-0.2, -0.15) is 0 Å². The van der Waals surface area contributed by atoms with Crippen LogP contribution in [0.15, 0.2) is 0 Å². The van der Waals surface area contributed by atoms with Gasteiger partial charge in [0.25, 0.3) is 0 Å². The van der Waals surface area contributed by atoms with Crippen molar-refractivity contribution >= 4 is 11.8 Å². The Morgan fingerprint density at radius 3 is 2.69 bits per heavy atom. The lowest BCUT2D eigenvalue weighted by atomic mass is 10.1. The van der Waals surface area contributed by atoms with Crippen LogP contribution in [0.1, 0.15) is 25.7 Å². The number of hydrogen-bond donors (Lipinski definition) is 1. The van der Waals surface area contributed by atoms with Crippen LogP contribution < -0.4 is 5.73 Å². The topological polar surface area (TPSA) is 66.6 Å². The Morgan fingerprint density at radius 2 is 2.06 bits per heavy atom. The highest BCUT2D eigenvalue weighted by Crippen LogP contribution is 2.06. The van der Waals surface area contributed by atoms with E-state index >= 15 is 0 Å². The second kappa shape index (κ2) is 6.48. The predicted molar refractivity (Wildman–Crippen MR) is 61.7 cm³/mol. The zero-order chi connectivity index (χ0) is 12.0. The molecule has 1 fully saturated rings. The van der Waals surface area contributed by atoms with Crippen molar-refractivity contribution in [3.63, 3.8) is 0 Å². The van der Waals surface area contributed by atoms with Crippen LogP contribution >= 0.6 is 0 Å². The molecular weight excluding hydrogens is 206 g/mol. The first-order valence-corrected chi connectivity index (χ1v) is 5.87. The van der Waals surface area contributed by atoms with E-state index in [0.29, 0.717) is 26.1 Å². The molecule has 0 atom stereocenters. The molecule has 5 nitrogen and oxygen atoms in total. The molecule has 0 bridgehead atoms. The lowest BCUT2D eigenvalue weighted by Crippen LogP contribution is -2.50. The molecule has 0 aromatic rings. The molecule has 1 saturated heterocycles. The minimum Gasteiger partial charge on any atom is -0.342 e. The summed E-state index contributed by atoms with van der Waals surface area (Å²) in [5.74, 6) is 0.125. The molecule has 2 N–H and O–H groups in total. The van der Waals surface area contributed by atoms with Gasteiger partial charge in [-0.15, -0.1) is 0 Å². The molecule has 1 heterocycles. The van der Waals surface area contributed by atoms with E-state index in [-0.39, 0.29) is 18.4 Å². The van der Waals surface area contributed by atoms with Crippen molar-refractivity contribution in [2.45, 2.75) is 25.7 Å². The van der Waals surface area contributed by atoms with Gasteiger partial charge in [-0.05, 0) is 19.4 Å². The summed E-state index contributed by atoms with van der Waals surface area (Å²) in [6, 6.07) is 0. The van der Waals surface area contributed by atoms with Crippen LogP contribution in [0.4, 0.5) is 0 Å². The Balaban J connectivity index is 2.24. The number of carbonyl (C=O) groups excluding carboxylic acids is 2. The zero-order valence-corrected chi connectivity index (χ0v) is 9.95. The number of amides is 2. The Labute approximate surface area is 96.6 Å². The van der Waals surface area contributed by atoms with Crippen molar-refractivity contribution in [2.75, 3.05) is 33.2 Å². The van der Waals surface area contributed by atoms with Crippen molar-refractivity contribution in [2.24, 2.45) is 5.73 Å². The summed E-state index contributed by atoms with van der Waals surface area (Å²) < 4.78 is 0. The number of unbranched alkanes of at least 4 members (excludes halogenated alkanes) is 2. The number of hydrogen-bond acceptors (Lipinski definition) is 3. The third-order valence-electron chi connectivity index (χ3n) is 2.90. The van der Waals surface area contributed by atoms with Gasteiger partial charge in [-0.1, -0.05) is 6.42 Å². The number of carbonyl (C=O) groups is 2. The van der Waals surface area contributed by atoms with Crippen molar-refractivity contribution < 1.29 is 9.59 Å². The Kier molecular flexibility index (Phi) is 5.25. The highest BCUT2D eigenvalue weighted by molar-refractivity contribution is 5.85. The molecule has 0 aliphatic carbocycles. The number of rotatable bonds is 5. The van der Waals surface area contributed by atoms with E-state index in [1.807, 2.05) is 0 Å². The van der Waals surface area contributed by atoms with E-state index in [1.165, 1.54) is 0 Å². The summed E-state index contributed by atoms with van der Waals surface area (Å²) in [4.78, 5) is 26.5. The average Bonchev–Trinajstić information content (AvgIpc) is 2.28. The highest BCUT2D eigenvalue weighted by Gasteiger charge is 2.23. The third-order valence-corrected chi connectivity index (χ3v) is 2.90.